The third-order valence-electron chi connectivity index (χ3n) is 2.55. The first kappa shape index (κ1) is 12.3. The molecule has 1 aromatic rings. The number of halogens is 3. The van der Waals surface area contributed by atoms with Crippen LogP contribution in [0.25, 0.3) is 0 Å². The van der Waals surface area contributed by atoms with Crippen LogP contribution >= 0.6 is 11.8 Å². The third kappa shape index (κ3) is 2.57. The van der Waals surface area contributed by atoms with E-state index in [1.165, 1.54) is 17.8 Å². The quantitative estimate of drug-likeness (QED) is 0.776. The lowest BCUT2D eigenvalue weighted by molar-refractivity contribution is -0.137. The Morgan fingerprint density at radius 3 is 2.76 bits per heavy atom. The molecule has 1 atom stereocenters. The molecule has 2 rings (SSSR count). The highest BCUT2D eigenvalue weighted by Gasteiger charge is 2.31. The van der Waals surface area contributed by atoms with Crippen molar-refractivity contribution in [1.29, 1.82) is 0 Å². The van der Waals surface area contributed by atoms with E-state index in [2.05, 4.69) is 5.32 Å². The highest BCUT2D eigenvalue weighted by Crippen LogP contribution is 2.35. The lowest BCUT2D eigenvalue weighted by atomic mass is 10.1. The first-order chi connectivity index (χ1) is 7.88. The fourth-order valence-corrected chi connectivity index (χ4v) is 2.41. The van der Waals surface area contributed by atoms with E-state index in [9.17, 15) is 18.0 Å². The molecule has 1 heterocycles. The van der Waals surface area contributed by atoms with E-state index < -0.39 is 11.7 Å². The third-order valence-corrected chi connectivity index (χ3v) is 3.74. The summed E-state index contributed by atoms with van der Waals surface area (Å²) in [5.74, 6) is 0.229. The van der Waals surface area contributed by atoms with Crippen molar-refractivity contribution in [1.82, 2.24) is 0 Å². The molecule has 0 saturated heterocycles. The van der Waals surface area contributed by atoms with Gasteiger partial charge in [0.2, 0.25) is 5.91 Å². The first-order valence-corrected chi connectivity index (χ1v) is 6.05. The minimum atomic E-state index is -4.35. The van der Waals surface area contributed by atoms with Gasteiger partial charge in [-0.25, -0.2) is 0 Å². The van der Waals surface area contributed by atoms with Gasteiger partial charge in [-0.3, -0.25) is 4.79 Å². The van der Waals surface area contributed by atoms with E-state index in [1.807, 2.05) is 0 Å². The minimum absolute atomic E-state index is 0.173. The molecule has 92 valence electrons. The summed E-state index contributed by atoms with van der Waals surface area (Å²) in [4.78, 5) is 11.5. The molecule has 1 N–H and O–H groups in total. The van der Waals surface area contributed by atoms with Gasteiger partial charge in [0, 0.05) is 11.4 Å². The zero-order chi connectivity index (χ0) is 12.6. The minimum Gasteiger partial charge on any atom is -0.325 e. The van der Waals surface area contributed by atoms with E-state index in [0.717, 1.165) is 12.1 Å². The van der Waals surface area contributed by atoms with Crippen LogP contribution in [0.15, 0.2) is 18.2 Å². The summed E-state index contributed by atoms with van der Waals surface area (Å²) < 4.78 is 37.6. The van der Waals surface area contributed by atoms with Gasteiger partial charge in [-0.05, 0) is 30.7 Å². The number of amides is 1. The van der Waals surface area contributed by atoms with Crippen molar-refractivity contribution in [2.24, 2.45) is 0 Å². The molecule has 2 nitrogen and oxygen atoms in total. The summed E-state index contributed by atoms with van der Waals surface area (Å²) in [6, 6.07) is 3.40. The van der Waals surface area contributed by atoms with E-state index >= 15 is 0 Å². The molecule has 0 bridgehead atoms. The van der Waals surface area contributed by atoms with E-state index in [-0.39, 0.29) is 11.2 Å². The summed E-state index contributed by atoms with van der Waals surface area (Å²) in [6.07, 6.45) is -4.35. The van der Waals surface area contributed by atoms with Gasteiger partial charge < -0.3 is 5.32 Å². The Labute approximate surface area is 101 Å². The van der Waals surface area contributed by atoms with Crippen molar-refractivity contribution in [3.8, 4) is 0 Å². The number of anilines is 1. The second-order valence-electron chi connectivity index (χ2n) is 3.81. The largest absolute Gasteiger partial charge is 0.416 e. The van der Waals surface area contributed by atoms with Crippen molar-refractivity contribution in [3.05, 3.63) is 29.3 Å². The lowest BCUT2D eigenvalue weighted by Gasteiger charge is -2.11. The smallest absolute Gasteiger partial charge is 0.325 e. The van der Waals surface area contributed by atoms with Crippen LogP contribution in [-0.2, 0) is 16.7 Å². The Kier molecular flexibility index (Phi) is 3.07. The number of carbonyl (C=O) groups is 1. The molecule has 0 aliphatic carbocycles. The van der Waals surface area contributed by atoms with Gasteiger partial charge >= 0.3 is 6.18 Å². The Bertz CT molecular complexity index is 459. The number of nitrogens with one attached hydrogen (secondary N) is 1. The van der Waals surface area contributed by atoms with Crippen LogP contribution in [-0.4, -0.2) is 11.2 Å². The van der Waals surface area contributed by atoms with Crippen LogP contribution in [0, 0.1) is 0 Å². The lowest BCUT2D eigenvalue weighted by Crippen LogP contribution is -2.20. The Morgan fingerprint density at radius 2 is 2.12 bits per heavy atom. The summed E-state index contributed by atoms with van der Waals surface area (Å²) in [6.45, 7) is 1.73. The van der Waals surface area contributed by atoms with E-state index in [4.69, 9.17) is 0 Å². The average Bonchev–Trinajstić information content (AvgIpc) is 2.38. The summed E-state index contributed by atoms with van der Waals surface area (Å²) >= 11 is 1.33. The molecular formula is C11H10F3NOS. The SMILES string of the molecule is C[C@@H]1SCc2cc(C(F)(F)F)ccc2NC1=O. The number of thioether (sulfide) groups is 1. The number of fused-ring (bicyclic) bond motifs is 1. The molecule has 0 radical (unpaired) electrons. The molecule has 1 aliphatic rings. The number of alkyl halides is 3. The number of hydrogen-bond acceptors (Lipinski definition) is 2. The molecule has 1 aromatic carbocycles. The number of hydrogen-bond donors (Lipinski definition) is 1. The molecule has 0 aromatic heterocycles. The van der Waals surface area contributed by atoms with Gasteiger partial charge in [-0.15, -0.1) is 11.8 Å². The van der Waals surface area contributed by atoms with Crippen molar-refractivity contribution in [3.63, 3.8) is 0 Å². The average molecular weight is 261 g/mol. The molecule has 0 unspecified atom stereocenters. The topological polar surface area (TPSA) is 29.1 Å². The zero-order valence-corrected chi connectivity index (χ0v) is 9.78. The van der Waals surface area contributed by atoms with Gasteiger partial charge in [0.25, 0.3) is 0 Å². The van der Waals surface area contributed by atoms with Crippen molar-refractivity contribution < 1.29 is 18.0 Å². The molecule has 0 saturated carbocycles. The maximum atomic E-state index is 12.5. The summed E-state index contributed by atoms with van der Waals surface area (Å²) in [7, 11) is 0. The molecule has 0 fully saturated rings. The van der Waals surface area contributed by atoms with Gasteiger partial charge in [0.05, 0.1) is 10.8 Å². The van der Waals surface area contributed by atoms with Crippen LogP contribution in [0.3, 0.4) is 0 Å². The summed E-state index contributed by atoms with van der Waals surface area (Å²) in [5.41, 5.74) is 0.308. The monoisotopic (exact) mass is 261 g/mol. The van der Waals surface area contributed by atoms with Gasteiger partial charge in [-0.1, -0.05) is 0 Å². The Balaban J connectivity index is 2.38. The standard InChI is InChI=1S/C11H10F3NOS/c1-6-10(16)15-9-3-2-8(11(12,13)14)4-7(9)5-17-6/h2-4,6H,5H2,1H3,(H,15,16)/t6-/m0/s1. The van der Waals surface area contributed by atoms with Crippen molar-refractivity contribution in [2.45, 2.75) is 24.1 Å². The normalized spacial score (nSPS) is 20.5. The highest BCUT2D eigenvalue weighted by atomic mass is 32.2. The molecule has 17 heavy (non-hydrogen) atoms. The zero-order valence-electron chi connectivity index (χ0n) is 8.97. The molecular weight excluding hydrogens is 251 g/mol. The van der Waals surface area contributed by atoms with Crippen LogP contribution in [0.4, 0.5) is 18.9 Å². The van der Waals surface area contributed by atoms with Crippen LogP contribution in [0.1, 0.15) is 18.1 Å². The van der Waals surface area contributed by atoms with Gasteiger partial charge in [0.1, 0.15) is 0 Å². The van der Waals surface area contributed by atoms with Crippen molar-refractivity contribution >= 4 is 23.4 Å². The predicted octanol–water partition coefficient (Wildman–Crippen LogP) is 3.28. The maximum Gasteiger partial charge on any atom is 0.416 e. The van der Waals surface area contributed by atoms with E-state index in [1.54, 1.807) is 6.92 Å². The van der Waals surface area contributed by atoms with Crippen LogP contribution in [0.2, 0.25) is 0 Å². The fourth-order valence-electron chi connectivity index (χ4n) is 1.54. The maximum absolute atomic E-state index is 12.5. The van der Waals surface area contributed by atoms with E-state index in [0.29, 0.717) is 17.0 Å². The second-order valence-corrected chi connectivity index (χ2v) is 5.14. The summed E-state index contributed by atoms with van der Waals surface area (Å²) in [5, 5.41) is 2.37. The molecule has 1 aliphatic heterocycles. The van der Waals surface area contributed by atoms with Gasteiger partial charge in [0.15, 0.2) is 0 Å². The fraction of sp³-hybridized carbons (Fsp3) is 0.364. The van der Waals surface area contributed by atoms with Crippen molar-refractivity contribution in [2.75, 3.05) is 5.32 Å². The first-order valence-electron chi connectivity index (χ1n) is 5.00. The van der Waals surface area contributed by atoms with Crippen LogP contribution < -0.4 is 5.32 Å². The molecule has 1 amide bonds. The second kappa shape index (κ2) is 4.25. The highest BCUT2D eigenvalue weighted by molar-refractivity contribution is 7.99. The Morgan fingerprint density at radius 1 is 1.41 bits per heavy atom. The molecule has 6 heteroatoms. The molecule has 0 spiro atoms. The number of benzene rings is 1. The van der Waals surface area contributed by atoms with Gasteiger partial charge in [-0.2, -0.15) is 13.2 Å². The number of carbonyl (C=O) groups excluding carboxylic acids is 1. The Hall–Kier alpha value is -1.17. The predicted molar refractivity (Wildman–Crippen MR) is 60.8 cm³/mol. The van der Waals surface area contributed by atoms with Crippen LogP contribution in [0.5, 0.6) is 0 Å². The number of rotatable bonds is 0.